The Kier molecular flexibility index (Phi) is 3.79. The lowest BCUT2D eigenvalue weighted by atomic mass is 10.1. The van der Waals surface area contributed by atoms with Crippen molar-refractivity contribution in [2.75, 3.05) is 23.3 Å². The second-order valence-electron chi connectivity index (χ2n) is 5.51. The van der Waals surface area contributed by atoms with Crippen molar-refractivity contribution >= 4 is 17.1 Å². The predicted molar refractivity (Wildman–Crippen MR) is 87.1 cm³/mol. The Morgan fingerprint density at radius 3 is 2.29 bits per heavy atom. The third-order valence-corrected chi connectivity index (χ3v) is 3.97. The zero-order valence-corrected chi connectivity index (χ0v) is 12.3. The van der Waals surface area contributed by atoms with Gasteiger partial charge in [-0.3, -0.25) is 0 Å². The number of benzene rings is 2. The lowest BCUT2D eigenvalue weighted by Crippen LogP contribution is -2.17. The van der Waals surface area contributed by atoms with Crippen molar-refractivity contribution in [3.05, 3.63) is 53.6 Å². The molecule has 0 unspecified atom stereocenters. The zero-order chi connectivity index (χ0) is 14.7. The number of nitriles is 1. The van der Waals surface area contributed by atoms with E-state index >= 15 is 0 Å². The van der Waals surface area contributed by atoms with Crippen LogP contribution in [-0.4, -0.2) is 13.1 Å². The summed E-state index contributed by atoms with van der Waals surface area (Å²) < 4.78 is 0. The fourth-order valence-corrected chi connectivity index (χ4v) is 2.76. The van der Waals surface area contributed by atoms with Crippen molar-refractivity contribution in [2.24, 2.45) is 0 Å². The largest absolute Gasteiger partial charge is 0.372 e. The highest BCUT2D eigenvalue weighted by Crippen LogP contribution is 2.24. The van der Waals surface area contributed by atoms with Gasteiger partial charge in [-0.2, -0.15) is 5.26 Å². The third kappa shape index (κ3) is 3.00. The molecule has 0 aromatic heterocycles. The number of aryl methyl sites for hydroxylation is 1. The van der Waals surface area contributed by atoms with Gasteiger partial charge in [0, 0.05) is 30.2 Å². The van der Waals surface area contributed by atoms with Gasteiger partial charge in [-0.1, -0.05) is 0 Å². The topological polar surface area (TPSA) is 39.1 Å². The maximum absolute atomic E-state index is 8.96. The summed E-state index contributed by atoms with van der Waals surface area (Å²) in [6, 6.07) is 16.6. The summed E-state index contributed by atoms with van der Waals surface area (Å²) in [6.45, 7) is 4.30. The molecule has 3 nitrogen and oxygen atoms in total. The van der Waals surface area contributed by atoms with Gasteiger partial charge in [0.25, 0.3) is 0 Å². The summed E-state index contributed by atoms with van der Waals surface area (Å²) in [4.78, 5) is 2.43. The summed E-state index contributed by atoms with van der Waals surface area (Å²) in [7, 11) is 0. The minimum absolute atomic E-state index is 0.727. The summed E-state index contributed by atoms with van der Waals surface area (Å²) in [5.74, 6) is 0. The molecule has 0 atom stereocenters. The fraction of sp³-hybridized carbons (Fsp3) is 0.278. The zero-order valence-electron chi connectivity index (χ0n) is 12.3. The Balaban J connectivity index is 1.73. The number of hydrogen-bond donors (Lipinski definition) is 1. The lowest BCUT2D eigenvalue weighted by Gasteiger charge is -2.18. The van der Waals surface area contributed by atoms with Gasteiger partial charge in [0.1, 0.15) is 0 Å². The fourth-order valence-electron chi connectivity index (χ4n) is 2.76. The Hall–Kier alpha value is -2.47. The average molecular weight is 277 g/mol. The normalized spacial score (nSPS) is 14.0. The quantitative estimate of drug-likeness (QED) is 0.913. The monoisotopic (exact) mass is 277 g/mol. The number of anilines is 3. The minimum Gasteiger partial charge on any atom is -0.372 e. The molecule has 2 aromatic carbocycles. The predicted octanol–water partition coefficient (Wildman–Crippen LogP) is 4.21. The maximum Gasteiger partial charge on any atom is 0.0994 e. The number of rotatable bonds is 3. The van der Waals surface area contributed by atoms with Gasteiger partial charge in [0.2, 0.25) is 0 Å². The van der Waals surface area contributed by atoms with Crippen molar-refractivity contribution in [3.63, 3.8) is 0 Å². The van der Waals surface area contributed by atoms with Crippen molar-refractivity contribution in [3.8, 4) is 6.07 Å². The van der Waals surface area contributed by atoms with Gasteiger partial charge in [0.15, 0.2) is 0 Å². The van der Waals surface area contributed by atoms with Crippen LogP contribution in [-0.2, 0) is 0 Å². The van der Waals surface area contributed by atoms with Crippen LogP contribution < -0.4 is 10.2 Å². The summed E-state index contributed by atoms with van der Waals surface area (Å²) in [5.41, 5.74) is 5.11. The van der Waals surface area contributed by atoms with Crippen LogP contribution in [0.15, 0.2) is 42.5 Å². The van der Waals surface area contributed by atoms with Crippen molar-refractivity contribution in [1.82, 2.24) is 0 Å². The van der Waals surface area contributed by atoms with E-state index < -0.39 is 0 Å². The van der Waals surface area contributed by atoms with E-state index in [1.807, 2.05) is 25.1 Å². The van der Waals surface area contributed by atoms with Gasteiger partial charge < -0.3 is 10.2 Å². The molecule has 1 heterocycles. The van der Waals surface area contributed by atoms with E-state index in [0.717, 1.165) is 22.5 Å². The number of nitrogens with one attached hydrogen (secondary N) is 1. The van der Waals surface area contributed by atoms with E-state index in [2.05, 4.69) is 40.6 Å². The van der Waals surface area contributed by atoms with Crippen molar-refractivity contribution in [1.29, 1.82) is 5.26 Å². The van der Waals surface area contributed by atoms with Crippen LogP contribution in [0.1, 0.15) is 24.0 Å². The highest BCUT2D eigenvalue weighted by atomic mass is 15.1. The molecule has 0 radical (unpaired) electrons. The molecule has 0 amide bonds. The van der Waals surface area contributed by atoms with Crippen LogP contribution in [0.2, 0.25) is 0 Å². The first kappa shape index (κ1) is 13.5. The molecular weight excluding hydrogens is 258 g/mol. The van der Waals surface area contributed by atoms with E-state index in [0.29, 0.717) is 0 Å². The molecule has 3 heteroatoms. The Morgan fingerprint density at radius 1 is 1.00 bits per heavy atom. The molecular formula is C18H19N3. The van der Waals surface area contributed by atoms with Gasteiger partial charge in [0.05, 0.1) is 11.6 Å². The van der Waals surface area contributed by atoms with E-state index in [4.69, 9.17) is 5.26 Å². The van der Waals surface area contributed by atoms with E-state index in [-0.39, 0.29) is 0 Å². The second kappa shape index (κ2) is 5.88. The number of nitrogens with zero attached hydrogens (tertiary/aromatic N) is 2. The molecule has 0 bridgehead atoms. The highest BCUT2D eigenvalue weighted by molar-refractivity contribution is 5.64. The van der Waals surface area contributed by atoms with Crippen LogP contribution in [0.5, 0.6) is 0 Å². The van der Waals surface area contributed by atoms with Gasteiger partial charge >= 0.3 is 0 Å². The Labute approximate surface area is 125 Å². The molecule has 106 valence electrons. The summed E-state index contributed by atoms with van der Waals surface area (Å²) in [6.07, 6.45) is 2.59. The van der Waals surface area contributed by atoms with Gasteiger partial charge in [-0.25, -0.2) is 0 Å². The minimum atomic E-state index is 0.727. The molecule has 3 rings (SSSR count). The Morgan fingerprint density at radius 2 is 1.67 bits per heavy atom. The van der Waals surface area contributed by atoms with Crippen molar-refractivity contribution in [2.45, 2.75) is 19.8 Å². The molecule has 1 saturated heterocycles. The maximum atomic E-state index is 8.96. The molecule has 0 spiro atoms. The lowest BCUT2D eigenvalue weighted by molar-refractivity contribution is 0.949. The average Bonchev–Trinajstić information content (AvgIpc) is 3.02. The molecule has 21 heavy (non-hydrogen) atoms. The second-order valence-corrected chi connectivity index (χ2v) is 5.51. The summed E-state index contributed by atoms with van der Waals surface area (Å²) in [5, 5.41) is 12.3. The van der Waals surface area contributed by atoms with Crippen LogP contribution in [0.3, 0.4) is 0 Å². The highest BCUT2D eigenvalue weighted by Gasteiger charge is 2.11. The van der Waals surface area contributed by atoms with Crippen LogP contribution >= 0.6 is 0 Å². The first-order valence-electron chi connectivity index (χ1n) is 7.39. The molecule has 1 N–H and O–H groups in total. The van der Waals surface area contributed by atoms with Crippen LogP contribution in [0, 0.1) is 18.3 Å². The van der Waals surface area contributed by atoms with Crippen LogP contribution in [0.4, 0.5) is 17.1 Å². The first-order chi connectivity index (χ1) is 10.3. The molecule has 1 aliphatic rings. The Bertz CT molecular complexity index is 662. The number of hydrogen-bond acceptors (Lipinski definition) is 3. The van der Waals surface area contributed by atoms with Crippen molar-refractivity contribution < 1.29 is 0 Å². The molecule has 0 aliphatic carbocycles. The molecule has 1 fully saturated rings. The standard InChI is InChI=1S/C18H19N3/c1-14-12-17(5-4-15(14)13-19)20-16-6-8-18(9-7-16)21-10-2-3-11-21/h4-9,12,20H,2-3,10-11H2,1H3. The smallest absolute Gasteiger partial charge is 0.0994 e. The SMILES string of the molecule is Cc1cc(Nc2ccc(N3CCCC3)cc2)ccc1C#N. The summed E-state index contributed by atoms with van der Waals surface area (Å²) >= 11 is 0. The molecule has 2 aromatic rings. The van der Waals surface area contributed by atoms with Crippen LogP contribution in [0.25, 0.3) is 0 Å². The molecule has 0 saturated carbocycles. The van der Waals surface area contributed by atoms with Gasteiger partial charge in [-0.15, -0.1) is 0 Å². The first-order valence-corrected chi connectivity index (χ1v) is 7.39. The molecule has 1 aliphatic heterocycles. The van der Waals surface area contributed by atoms with E-state index in [1.165, 1.54) is 31.6 Å². The third-order valence-electron chi connectivity index (χ3n) is 3.97. The van der Waals surface area contributed by atoms with E-state index in [9.17, 15) is 0 Å². The van der Waals surface area contributed by atoms with E-state index in [1.54, 1.807) is 0 Å². The van der Waals surface area contributed by atoms with Gasteiger partial charge in [-0.05, 0) is 67.8 Å².